The van der Waals surface area contributed by atoms with E-state index in [1.54, 1.807) is 12.1 Å². The topological polar surface area (TPSA) is 81.4 Å². The molecule has 0 heterocycles. The predicted molar refractivity (Wildman–Crippen MR) is 79.0 cm³/mol. The van der Waals surface area contributed by atoms with Crippen molar-refractivity contribution in [2.24, 2.45) is 5.92 Å². The van der Waals surface area contributed by atoms with E-state index in [4.69, 9.17) is 10.5 Å². The molecule has 2 rings (SSSR count). The van der Waals surface area contributed by atoms with Crippen LogP contribution >= 0.6 is 0 Å². The fraction of sp³-hybridized carbons (Fsp3) is 0.571. The molecule has 1 aliphatic carbocycles. The molecule has 1 aromatic carbocycles. The van der Waals surface area contributed by atoms with Gasteiger partial charge in [-0.15, -0.1) is 0 Å². The molecule has 0 amide bonds. The average Bonchev–Trinajstić information content (AvgIpc) is 3.22. The number of sulfonamides is 1. The summed E-state index contributed by atoms with van der Waals surface area (Å²) in [6.07, 6.45) is 3.25. The van der Waals surface area contributed by atoms with E-state index in [1.807, 2.05) is 6.92 Å². The molecule has 0 atom stereocenters. The molecule has 0 spiro atoms. The molecular formula is C14H22N2O3S. The molecule has 3 N–H and O–H groups in total. The van der Waals surface area contributed by atoms with E-state index in [0.29, 0.717) is 18.2 Å². The molecule has 0 aliphatic heterocycles. The Hall–Kier alpha value is -1.11. The number of nitrogens with two attached hydrogens (primary N) is 1. The summed E-state index contributed by atoms with van der Waals surface area (Å²) in [4.78, 5) is 0.203. The van der Waals surface area contributed by atoms with Crippen molar-refractivity contribution in [1.82, 2.24) is 4.72 Å². The van der Waals surface area contributed by atoms with Crippen LogP contribution in [-0.2, 0) is 21.2 Å². The highest BCUT2D eigenvalue weighted by Gasteiger charge is 2.21. The molecule has 20 heavy (non-hydrogen) atoms. The monoisotopic (exact) mass is 298 g/mol. The first-order valence-corrected chi connectivity index (χ1v) is 8.47. The number of nitrogens with one attached hydrogen (secondary N) is 1. The molecule has 0 bridgehead atoms. The van der Waals surface area contributed by atoms with Crippen molar-refractivity contribution in [3.8, 4) is 0 Å². The van der Waals surface area contributed by atoms with Crippen LogP contribution in [0.25, 0.3) is 0 Å². The molecular weight excluding hydrogens is 276 g/mol. The fourth-order valence-corrected chi connectivity index (χ4v) is 2.98. The van der Waals surface area contributed by atoms with Crippen LogP contribution in [-0.4, -0.2) is 28.2 Å². The number of hydrogen-bond donors (Lipinski definition) is 2. The van der Waals surface area contributed by atoms with Crippen LogP contribution in [0.3, 0.4) is 0 Å². The summed E-state index contributed by atoms with van der Waals surface area (Å²) in [7, 11) is -3.50. The minimum absolute atomic E-state index is 0.203. The van der Waals surface area contributed by atoms with Gasteiger partial charge in [-0.05, 0) is 42.9 Å². The normalized spacial score (nSPS) is 15.4. The Kier molecular flexibility index (Phi) is 5.01. The molecule has 5 nitrogen and oxygen atoms in total. The van der Waals surface area contributed by atoms with Crippen LogP contribution < -0.4 is 10.5 Å². The van der Waals surface area contributed by atoms with Crippen molar-refractivity contribution in [2.75, 3.05) is 25.5 Å². The van der Waals surface area contributed by atoms with Crippen LogP contribution in [0.1, 0.15) is 25.3 Å². The van der Waals surface area contributed by atoms with Gasteiger partial charge in [-0.25, -0.2) is 13.1 Å². The molecule has 0 aromatic heterocycles. The molecule has 6 heteroatoms. The summed E-state index contributed by atoms with van der Waals surface area (Å²) in [5, 5.41) is 0. The average molecular weight is 298 g/mol. The summed E-state index contributed by atoms with van der Waals surface area (Å²) in [6, 6.07) is 4.85. The summed E-state index contributed by atoms with van der Waals surface area (Å²) < 4.78 is 32.1. The van der Waals surface area contributed by atoms with Gasteiger partial charge in [0.1, 0.15) is 0 Å². The second kappa shape index (κ2) is 6.56. The standard InChI is InChI=1S/C14H22N2O3S/c1-2-12-5-6-13(9-14(12)15)20(17,18)16-7-8-19-10-11-3-4-11/h5-6,9,11,16H,2-4,7-8,10,15H2,1H3. The van der Waals surface area contributed by atoms with Gasteiger partial charge in [0.15, 0.2) is 0 Å². The number of nitrogen functional groups attached to an aromatic ring is 1. The number of benzene rings is 1. The molecule has 1 saturated carbocycles. The maximum atomic E-state index is 12.1. The largest absolute Gasteiger partial charge is 0.398 e. The second-order valence-corrected chi connectivity index (χ2v) is 6.90. The minimum Gasteiger partial charge on any atom is -0.398 e. The van der Waals surface area contributed by atoms with Crippen LogP contribution in [0.2, 0.25) is 0 Å². The van der Waals surface area contributed by atoms with Gasteiger partial charge in [0.25, 0.3) is 0 Å². The number of ether oxygens (including phenoxy) is 1. The Labute approximate surface area is 120 Å². The van der Waals surface area contributed by atoms with E-state index in [1.165, 1.54) is 18.9 Å². The lowest BCUT2D eigenvalue weighted by Crippen LogP contribution is -2.27. The van der Waals surface area contributed by atoms with Crippen LogP contribution in [0.4, 0.5) is 5.69 Å². The Bertz CT molecular complexity index is 554. The fourth-order valence-electron chi connectivity index (χ4n) is 1.93. The van der Waals surface area contributed by atoms with Crippen molar-refractivity contribution < 1.29 is 13.2 Å². The molecule has 1 fully saturated rings. The third kappa shape index (κ3) is 4.19. The van der Waals surface area contributed by atoms with Crippen molar-refractivity contribution >= 4 is 15.7 Å². The zero-order valence-electron chi connectivity index (χ0n) is 11.8. The highest BCUT2D eigenvalue weighted by Crippen LogP contribution is 2.28. The first kappa shape index (κ1) is 15.3. The Morgan fingerprint density at radius 2 is 2.15 bits per heavy atom. The first-order valence-electron chi connectivity index (χ1n) is 6.98. The molecule has 1 aliphatic rings. The first-order chi connectivity index (χ1) is 9.53. The van der Waals surface area contributed by atoms with Crippen molar-refractivity contribution in [1.29, 1.82) is 0 Å². The van der Waals surface area contributed by atoms with Gasteiger partial charge in [0.05, 0.1) is 11.5 Å². The Balaban J connectivity index is 1.86. The van der Waals surface area contributed by atoms with Gasteiger partial charge >= 0.3 is 0 Å². The second-order valence-electron chi connectivity index (χ2n) is 5.13. The molecule has 1 aromatic rings. The lowest BCUT2D eigenvalue weighted by Gasteiger charge is -2.09. The molecule has 0 saturated heterocycles. The van der Waals surface area contributed by atoms with Gasteiger partial charge < -0.3 is 10.5 Å². The maximum Gasteiger partial charge on any atom is 0.240 e. The predicted octanol–water partition coefficient (Wildman–Crippen LogP) is 1.54. The van der Waals surface area contributed by atoms with Crippen molar-refractivity contribution in [3.05, 3.63) is 23.8 Å². The van der Waals surface area contributed by atoms with Gasteiger partial charge in [-0.1, -0.05) is 13.0 Å². The van der Waals surface area contributed by atoms with Gasteiger partial charge in [-0.2, -0.15) is 0 Å². The van der Waals surface area contributed by atoms with Gasteiger partial charge in [-0.3, -0.25) is 0 Å². The summed E-state index contributed by atoms with van der Waals surface area (Å²) in [6.45, 7) is 3.40. The zero-order valence-corrected chi connectivity index (χ0v) is 12.6. The van der Waals surface area contributed by atoms with Crippen LogP contribution in [0.15, 0.2) is 23.1 Å². The Morgan fingerprint density at radius 1 is 1.40 bits per heavy atom. The van der Waals surface area contributed by atoms with Crippen LogP contribution in [0, 0.1) is 5.92 Å². The third-order valence-corrected chi connectivity index (χ3v) is 4.86. The molecule has 0 unspecified atom stereocenters. The van der Waals surface area contributed by atoms with Gasteiger partial charge in [0.2, 0.25) is 10.0 Å². The van der Waals surface area contributed by atoms with Crippen molar-refractivity contribution in [2.45, 2.75) is 31.1 Å². The minimum atomic E-state index is -3.50. The van der Waals surface area contributed by atoms with E-state index in [-0.39, 0.29) is 11.4 Å². The molecule has 0 radical (unpaired) electrons. The lowest BCUT2D eigenvalue weighted by atomic mass is 10.1. The van der Waals surface area contributed by atoms with E-state index in [2.05, 4.69) is 4.72 Å². The number of aryl methyl sites for hydroxylation is 1. The van der Waals surface area contributed by atoms with E-state index in [0.717, 1.165) is 18.6 Å². The SMILES string of the molecule is CCc1ccc(S(=O)(=O)NCCOCC2CC2)cc1N. The maximum absolute atomic E-state index is 12.1. The quantitative estimate of drug-likeness (QED) is 0.563. The van der Waals surface area contributed by atoms with E-state index in [9.17, 15) is 8.42 Å². The van der Waals surface area contributed by atoms with Gasteiger partial charge in [0, 0.05) is 18.8 Å². The smallest absolute Gasteiger partial charge is 0.240 e. The Morgan fingerprint density at radius 3 is 2.75 bits per heavy atom. The number of rotatable bonds is 8. The summed E-state index contributed by atoms with van der Waals surface area (Å²) in [5.74, 6) is 0.688. The van der Waals surface area contributed by atoms with Crippen LogP contribution in [0.5, 0.6) is 0 Å². The summed E-state index contributed by atoms with van der Waals surface area (Å²) >= 11 is 0. The highest BCUT2D eigenvalue weighted by molar-refractivity contribution is 7.89. The van der Waals surface area contributed by atoms with Crippen molar-refractivity contribution in [3.63, 3.8) is 0 Å². The highest BCUT2D eigenvalue weighted by atomic mass is 32.2. The van der Waals surface area contributed by atoms with E-state index >= 15 is 0 Å². The zero-order chi connectivity index (χ0) is 14.6. The third-order valence-electron chi connectivity index (χ3n) is 3.40. The van der Waals surface area contributed by atoms with E-state index < -0.39 is 10.0 Å². The number of anilines is 1. The number of hydrogen-bond acceptors (Lipinski definition) is 4. The lowest BCUT2D eigenvalue weighted by molar-refractivity contribution is 0.129. The molecule has 112 valence electrons. The summed E-state index contributed by atoms with van der Waals surface area (Å²) in [5.41, 5.74) is 7.30.